The quantitative estimate of drug-likeness (QED) is 0.413. The van der Waals surface area contributed by atoms with E-state index in [-0.39, 0.29) is 6.61 Å². The van der Waals surface area contributed by atoms with E-state index in [1.54, 1.807) is 13.8 Å². The van der Waals surface area contributed by atoms with Crippen LogP contribution in [-0.4, -0.2) is 23.3 Å². The molecule has 1 aromatic rings. The topological polar surface area (TPSA) is 56.3 Å². The van der Waals surface area contributed by atoms with Crippen molar-refractivity contribution in [1.82, 2.24) is 4.98 Å². The minimum atomic E-state index is -0.830. The van der Waals surface area contributed by atoms with Gasteiger partial charge in [-0.3, -0.25) is 4.79 Å². The first-order valence-electron chi connectivity index (χ1n) is 3.71. The molecule has 0 amide bonds. The number of hydrogen-bond donors (Lipinski definition) is 0. The van der Waals surface area contributed by atoms with Gasteiger partial charge in [0.05, 0.1) is 12.3 Å². The predicted octanol–water partition coefficient (Wildman–Crippen LogP) is 0.998. The fraction of sp³-hybridized carbons (Fsp3) is 0.375. The molecule has 13 heavy (non-hydrogen) atoms. The lowest BCUT2D eigenvalue weighted by Gasteiger charge is -1.98. The number of ketones is 1. The number of carbonyl (C=O) groups excluding carboxylic acids is 2. The lowest BCUT2D eigenvalue weighted by molar-refractivity contribution is -0.137. The standard InChI is InChI=1S/C8H8NO3S/c1-3-12-8(11)6(10)7-5(2)9-4-13-7/h3H2,1-2H3. The predicted molar refractivity (Wildman–Crippen MR) is 46.7 cm³/mol. The van der Waals surface area contributed by atoms with Gasteiger partial charge in [-0.25, -0.2) is 9.78 Å². The Morgan fingerprint density at radius 2 is 2.31 bits per heavy atom. The molecule has 0 fully saturated rings. The van der Waals surface area contributed by atoms with E-state index < -0.39 is 11.8 Å². The van der Waals surface area contributed by atoms with Crippen LogP contribution in [0.15, 0.2) is 0 Å². The van der Waals surface area contributed by atoms with Crippen LogP contribution >= 0.6 is 11.3 Å². The summed E-state index contributed by atoms with van der Waals surface area (Å²) in [6, 6.07) is 0. The fourth-order valence-corrected chi connectivity index (χ4v) is 1.40. The summed E-state index contributed by atoms with van der Waals surface area (Å²) in [7, 11) is 0. The molecule has 0 atom stereocenters. The highest BCUT2D eigenvalue weighted by Gasteiger charge is 2.21. The van der Waals surface area contributed by atoms with Gasteiger partial charge < -0.3 is 4.74 Å². The van der Waals surface area contributed by atoms with Gasteiger partial charge in [-0.2, -0.15) is 0 Å². The Labute approximate surface area is 79.6 Å². The van der Waals surface area contributed by atoms with Gasteiger partial charge in [-0.05, 0) is 13.8 Å². The number of thiazole rings is 1. The van der Waals surface area contributed by atoms with E-state index in [9.17, 15) is 9.59 Å². The first kappa shape index (κ1) is 9.85. The maximum absolute atomic E-state index is 11.3. The van der Waals surface area contributed by atoms with Gasteiger partial charge in [0, 0.05) is 0 Å². The third-order valence-corrected chi connectivity index (χ3v) is 2.22. The summed E-state index contributed by atoms with van der Waals surface area (Å²) < 4.78 is 4.56. The van der Waals surface area contributed by atoms with Gasteiger partial charge in [0.25, 0.3) is 5.78 Å². The van der Waals surface area contributed by atoms with Crippen molar-refractivity contribution in [2.24, 2.45) is 0 Å². The second kappa shape index (κ2) is 4.13. The lowest BCUT2D eigenvalue weighted by atomic mass is 10.3. The van der Waals surface area contributed by atoms with Crippen molar-refractivity contribution in [3.05, 3.63) is 16.1 Å². The number of rotatable bonds is 3. The average molecular weight is 198 g/mol. The summed E-state index contributed by atoms with van der Waals surface area (Å²) in [4.78, 5) is 26.3. The average Bonchev–Trinajstić information content (AvgIpc) is 2.50. The van der Waals surface area contributed by atoms with Crippen molar-refractivity contribution in [2.45, 2.75) is 13.8 Å². The highest BCUT2D eigenvalue weighted by Crippen LogP contribution is 2.12. The van der Waals surface area contributed by atoms with E-state index in [1.165, 1.54) is 0 Å². The van der Waals surface area contributed by atoms with E-state index >= 15 is 0 Å². The Hall–Kier alpha value is -1.23. The van der Waals surface area contributed by atoms with Crippen LogP contribution in [-0.2, 0) is 9.53 Å². The zero-order chi connectivity index (χ0) is 9.84. The molecule has 0 aromatic carbocycles. The van der Waals surface area contributed by atoms with Crippen LogP contribution < -0.4 is 0 Å². The Morgan fingerprint density at radius 1 is 1.62 bits per heavy atom. The third-order valence-electron chi connectivity index (χ3n) is 1.36. The van der Waals surface area contributed by atoms with E-state index in [1.807, 2.05) is 0 Å². The maximum atomic E-state index is 11.3. The first-order valence-corrected chi connectivity index (χ1v) is 4.53. The lowest BCUT2D eigenvalue weighted by Crippen LogP contribution is -2.17. The molecule has 1 heterocycles. The molecule has 0 aliphatic heterocycles. The molecule has 5 heteroatoms. The van der Waals surface area contributed by atoms with Gasteiger partial charge in [0.2, 0.25) is 0 Å². The smallest absolute Gasteiger partial charge is 0.380 e. The summed E-state index contributed by atoms with van der Waals surface area (Å²) in [6.45, 7) is 3.50. The molecule has 0 saturated heterocycles. The van der Waals surface area contributed by atoms with Crippen molar-refractivity contribution >= 4 is 23.1 Å². The molecule has 0 saturated carbocycles. The Bertz CT molecular complexity index is 332. The molecule has 0 aliphatic rings. The zero-order valence-corrected chi connectivity index (χ0v) is 8.10. The Kier molecular flexibility index (Phi) is 3.13. The van der Waals surface area contributed by atoms with E-state index in [4.69, 9.17) is 0 Å². The molecule has 0 unspecified atom stereocenters. The second-order valence-electron chi connectivity index (χ2n) is 2.27. The number of aromatic nitrogens is 1. The monoisotopic (exact) mass is 198 g/mol. The van der Waals surface area contributed by atoms with Crippen molar-refractivity contribution in [3.8, 4) is 0 Å². The minimum Gasteiger partial charge on any atom is -0.460 e. The normalized spacial score (nSPS) is 9.69. The summed E-state index contributed by atoms with van der Waals surface area (Å²) in [6.07, 6.45) is 0. The van der Waals surface area contributed by atoms with E-state index in [0.29, 0.717) is 10.6 Å². The van der Waals surface area contributed by atoms with Gasteiger partial charge in [-0.15, -0.1) is 11.3 Å². The summed E-state index contributed by atoms with van der Waals surface area (Å²) in [5.74, 6) is -1.47. The van der Waals surface area contributed by atoms with Crippen LogP contribution in [0.5, 0.6) is 0 Å². The number of ether oxygens (including phenoxy) is 1. The van der Waals surface area contributed by atoms with Crippen LogP contribution in [0, 0.1) is 12.4 Å². The Morgan fingerprint density at radius 3 is 2.77 bits per heavy atom. The zero-order valence-electron chi connectivity index (χ0n) is 7.29. The Balaban J connectivity index is 2.80. The van der Waals surface area contributed by atoms with Gasteiger partial charge in [-0.1, -0.05) is 0 Å². The molecular formula is C8H8NO3S. The SMILES string of the molecule is CCOC(=O)C(=O)c1s[c]nc1C. The number of aryl methyl sites for hydroxylation is 1. The second-order valence-corrected chi connectivity index (χ2v) is 3.06. The number of carbonyl (C=O) groups is 2. The first-order chi connectivity index (χ1) is 6.16. The molecule has 0 spiro atoms. The van der Waals surface area contributed by atoms with Crippen molar-refractivity contribution in [2.75, 3.05) is 6.61 Å². The highest BCUT2D eigenvalue weighted by atomic mass is 32.1. The molecule has 0 bridgehead atoms. The molecule has 1 radical (unpaired) electrons. The highest BCUT2D eigenvalue weighted by molar-refractivity contribution is 7.12. The molecule has 1 rings (SSSR count). The van der Waals surface area contributed by atoms with Gasteiger partial charge >= 0.3 is 5.97 Å². The number of hydrogen-bond acceptors (Lipinski definition) is 5. The largest absolute Gasteiger partial charge is 0.460 e. The van der Waals surface area contributed by atoms with Crippen LogP contribution in [0.2, 0.25) is 0 Å². The van der Waals surface area contributed by atoms with Crippen LogP contribution in [0.25, 0.3) is 0 Å². The van der Waals surface area contributed by atoms with Crippen LogP contribution in [0.4, 0.5) is 0 Å². The van der Waals surface area contributed by atoms with E-state index in [0.717, 1.165) is 11.3 Å². The van der Waals surface area contributed by atoms with E-state index in [2.05, 4.69) is 15.2 Å². The summed E-state index contributed by atoms with van der Waals surface area (Å²) >= 11 is 1.03. The number of esters is 1. The molecular weight excluding hydrogens is 190 g/mol. The molecule has 0 aliphatic carbocycles. The summed E-state index contributed by atoms with van der Waals surface area (Å²) in [5.41, 5.74) is 3.06. The maximum Gasteiger partial charge on any atom is 0.380 e. The van der Waals surface area contributed by atoms with Gasteiger partial charge in [0.1, 0.15) is 4.88 Å². The molecule has 4 nitrogen and oxygen atoms in total. The molecule has 1 aromatic heterocycles. The minimum absolute atomic E-state index is 0.201. The number of Topliss-reactive ketones (excluding diaryl/α,β-unsaturated/α-hetero) is 1. The van der Waals surface area contributed by atoms with Crippen LogP contribution in [0.1, 0.15) is 22.3 Å². The van der Waals surface area contributed by atoms with Crippen molar-refractivity contribution in [3.63, 3.8) is 0 Å². The van der Waals surface area contributed by atoms with Crippen molar-refractivity contribution < 1.29 is 14.3 Å². The van der Waals surface area contributed by atoms with Crippen molar-refractivity contribution in [1.29, 1.82) is 0 Å². The van der Waals surface area contributed by atoms with Crippen LogP contribution in [0.3, 0.4) is 0 Å². The molecule has 69 valence electrons. The third kappa shape index (κ3) is 2.12. The number of nitrogens with zero attached hydrogens (tertiary/aromatic N) is 1. The fourth-order valence-electron chi connectivity index (χ4n) is 0.762. The molecule has 0 N–H and O–H groups in total. The summed E-state index contributed by atoms with van der Waals surface area (Å²) in [5, 5.41) is 0. The van der Waals surface area contributed by atoms with Gasteiger partial charge in [0.15, 0.2) is 5.51 Å².